The van der Waals surface area contributed by atoms with Crippen LogP contribution in [0.4, 0.5) is 4.39 Å². The lowest BCUT2D eigenvalue weighted by Gasteiger charge is -2.13. The van der Waals surface area contributed by atoms with Gasteiger partial charge in [0.15, 0.2) is 11.5 Å². The average Bonchev–Trinajstić information content (AvgIpc) is 3.39. The molecule has 172 valence electrons. The van der Waals surface area contributed by atoms with Gasteiger partial charge in [-0.1, -0.05) is 24.3 Å². The standard InChI is InChI=1S/C26H21BrFN3O3/c1-33-24-14-19(22(27)15-25(24)34-17-18-8-10-20(28)11-9-18)16-29-30-26(32)21-6-2-3-7-23(21)31-12-4-5-13-31/h2-16H,17H2,1H3,(H,30,32). The number of rotatable bonds is 8. The fourth-order valence-corrected chi connectivity index (χ4v) is 3.70. The number of hydrogen-bond acceptors (Lipinski definition) is 4. The molecule has 8 heteroatoms. The third kappa shape index (κ3) is 5.52. The van der Waals surface area contributed by atoms with Gasteiger partial charge in [0.05, 0.1) is 24.6 Å². The molecule has 0 aliphatic heterocycles. The van der Waals surface area contributed by atoms with E-state index in [1.165, 1.54) is 25.5 Å². The fourth-order valence-electron chi connectivity index (χ4n) is 3.27. The first-order valence-corrected chi connectivity index (χ1v) is 11.1. The molecule has 34 heavy (non-hydrogen) atoms. The molecular weight excluding hydrogens is 501 g/mol. The highest BCUT2D eigenvalue weighted by Gasteiger charge is 2.12. The van der Waals surface area contributed by atoms with E-state index in [-0.39, 0.29) is 18.3 Å². The Bertz CT molecular complexity index is 1310. The predicted octanol–water partition coefficient (Wildman–Crippen LogP) is 5.73. The number of carbonyl (C=O) groups is 1. The van der Waals surface area contributed by atoms with Gasteiger partial charge in [-0.05, 0) is 70.0 Å². The predicted molar refractivity (Wildman–Crippen MR) is 132 cm³/mol. The van der Waals surface area contributed by atoms with Gasteiger partial charge < -0.3 is 14.0 Å². The number of hydrogen-bond donors (Lipinski definition) is 1. The topological polar surface area (TPSA) is 64.8 Å². The van der Waals surface area contributed by atoms with Crippen molar-refractivity contribution in [3.05, 3.63) is 112 Å². The minimum absolute atomic E-state index is 0.257. The number of nitrogens with one attached hydrogen (secondary N) is 1. The highest BCUT2D eigenvalue weighted by Crippen LogP contribution is 2.33. The highest BCUT2D eigenvalue weighted by atomic mass is 79.9. The minimum atomic E-state index is -0.331. The summed E-state index contributed by atoms with van der Waals surface area (Å²) in [6.07, 6.45) is 5.27. The molecule has 0 spiro atoms. The number of halogens is 2. The number of hydrazone groups is 1. The number of ether oxygens (including phenoxy) is 2. The zero-order valence-electron chi connectivity index (χ0n) is 18.2. The lowest BCUT2D eigenvalue weighted by Crippen LogP contribution is -2.19. The molecule has 0 radical (unpaired) electrons. The lowest BCUT2D eigenvalue weighted by atomic mass is 10.1. The highest BCUT2D eigenvalue weighted by molar-refractivity contribution is 9.10. The maximum absolute atomic E-state index is 13.1. The zero-order valence-corrected chi connectivity index (χ0v) is 19.8. The van der Waals surface area contributed by atoms with Crippen LogP contribution < -0.4 is 14.9 Å². The van der Waals surface area contributed by atoms with Crippen LogP contribution in [0.15, 0.2) is 94.8 Å². The molecule has 6 nitrogen and oxygen atoms in total. The van der Waals surface area contributed by atoms with Crippen LogP contribution in [0.1, 0.15) is 21.5 Å². The largest absolute Gasteiger partial charge is 0.493 e. The second-order valence-corrected chi connectivity index (χ2v) is 8.10. The summed E-state index contributed by atoms with van der Waals surface area (Å²) in [4.78, 5) is 12.7. The van der Waals surface area contributed by atoms with Crippen molar-refractivity contribution in [2.45, 2.75) is 6.61 Å². The Kier molecular flexibility index (Phi) is 7.39. The van der Waals surface area contributed by atoms with Crippen LogP contribution in [-0.4, -0.2) is 23.8 Å². The number of carbonyl (C=O) groups excluding carboxylic acids is 1. The summed E-state index contributed by atoms with van der Waals surface area (Å²) in [5.41, 5.74) is 5.34. The quantitative estimate of drug-likeness (QED) is 0.238. The van der Waals surface area contributed by atoms with Crippen LogP contribution in [0.3, 0.4) is 0 Å². The molecule has 0 saturated carbocycles. The Balaban J connectivity index is 1.46. The molecule has 1 heterocycles. The maximum Gasteiger partial charge on any atom is 0.273 e. The molecule has 4 aromatic rings. The number of methoxy groups -OCH3 is 1. The van der Waals surface area contributed by atoms with E-state index in [1.54, 1.807) is 36.4 Å². The van der Waals surface area contributed by atoms with Crippen molar-refractivity contribution in [1.82, 2.24) is 9.99 Å². The summed E-state index contributed by atoms with van der Waals surface area (Å²) >= 11 is 3.50. The van der Waals surface area contributed by atoms with Crippen molar-refractivity contribution in [2.24, 2.45) is 5.10 Å². The monoisotopic (exact) mass is 521 g/mol. The van der Waals surface area contributed by atoms with Crippen molar-refractivity contribution in [2.75, 3.05) is 7.11 Å². The van der Waals surface area contributed by atoms with E-state index in [9.17, 15) is 9.18 Å². The molecule has 1 N–H and O–H groups in total. The Hall–Kier alpha value is -3.91. The summed E-state index contributed by atoms with van der Waals surface area (Å²) in [6.45, 7) is 0.257. The second-order valence-electron chi connectivity index (χ2n) is 7.25. The van der Waals surface area contributed by atoms with Crippen LogP contribution >= 0.6 is 15.9 Å². The molecule has 3 aromatic carbocycles. The summed E-state index contributed by atoms with van der Waals surface area (Å²) in [6, 6.07) is 20.7. The zero-order chi connectivity index (χ0) is 23.9. The van der Waals surface area contributed by atoms with Gasteiger partial charge in [-0.2, -0.15) is 5.10 Å². The third-order valence-electron chi connectivity index (χ3n) is 4.99. The Morgan fingerprint density at radius 3 is 2.53 bits per heavy atom. The Morgan fingerprint density at radius 2 is 1.79 bits per heavy atom. The Labute approximate surface area is 204 Å². The molecule has 1 amide bonds. The van der Waals surface area contributed by atoms with E-state index in [0.29, 0.717) is 27.1 Å². The van der Waals surface area contributed by atoms with Crippen molar-refractivity contribution in [3.63, 3.8) is 0 Å². The van der Waals surface area contributed by atoms with Crippen LogP contribution in [0.5, 0.6) is 11.5 Å². The average molecular weight is 522 g/mol. The first-order valence-electron chi connectivity index (χ1n) is 10.4. The van der Waals surface area contributed by atoms with Crippen LogP contribution in [0, 0.1) is 5.82 Å². The SMILES string of the molecule is COc1cc(C=NNC(=O)c2ccccc2-n2cccc2)c(Br)cc1OCc1ccc(F)cc1. The van der Waals surface area contributed by atoms with Gasteiger partial charge in [0, 0.05) is 22.4 Å². The normalized spacial score (nSPS) is 10.9. The van der Waals surface area contributed by atoms with Crippen LogP contribution in [0.2, 0.25) is 0 Å². The van der Waals surface area contributed by atoms with Gasteiger partial charge in [-0.3, -0.25) is 4.79 Å². The van der Waals surface area contributed by atoms with Gasteiger partial charge in [0.2, 0.25) is 0 Å². The van der Waals surface area contributed by atoms with E-state index in [2.05, 4.69) is 26.5 Å². The number of nitrogens with zero attached hydrogens (tertiary/aromatic N) is 2. The van der Waals surface area contributed by atoms with Gasteiger partial charge in [-0.25, -0.2) is 9.82 Å². The lowest BCUT2D eigenvalue weighted by molar-refractivity contribution is 0.0955. The van der Waals surface area contributed by atoms with E-state index >= 15 is 0 Å². The molecule has 4 rings (SSSR count). The van der Waals surface area contributed by atoms with Crippen molar-refractivity contribution in [1.29, 1.82) is 0 Å². The van der Waals surface area contributed by atoms with Crippen molar-refractivity contribution < 1.29 is 18.7 Å². The Morgan fingerprint density at radius 1 is 1.06 bits per heavy atom. The maximum atomic E-state index is 13.1. The second kappa shape index (κ2) is 10.8. The summed E-state index contributed by atoms with van der Waals surface area (Å²) in [5.74, 6) is 0.382. The fraction of sp³-hybridized carbons (Fsp3) is 0.0769. The summed E-state index contributed by atoms with van der Waals surface area (Å²) < 4.78 is 26.9. The number of amides is 1. The summed E-state index contributed by atoms with van der Waals surface area (Å²) in [7, 11) is 1.54. The molecule has 0 aliphatic rings. The van der Waals surface area contributed by atoms with Gasteiger partial charge in [0.25, 0.3) is 5.91 Å². The van der Waals surface area contributed by atoms with Crippen LogP contribution in [0.25, 0.3) is 5.69 Å². The molecular formula is C26H21BrFN3O3. The molecule has 0 unspecified atom stereocenters. The number of benzene rings is 3. The van der Waals surface area contributed by atoms with E-state index in [4.69, 9.17) is 9.47 Å². The smallest absolute Gasteiger partial charge is 0.273 e. The van der Waals surface area contributed by atoms with E-state index in [0.717, 1.165) is 11.3 Å². The summed E-state index contributed by atoms with van der Waals surface area (Å²) in [5, 5.41) is 4.11. The van der Waals surface area contributed by atoms with E-state index < -0.39 is 0 Å². The van der Waals surface area contributed by atoms with Crippen molar-refractivity contribution >= 4 is 28.1 Å². The first-order chi connectivity index (χ1) is 16.5. The molecule has 0 fully saturated rings. The van der Waals surface area contributed by atoms with Crippen molar-refractivity contribution in [3.8, 4) is 17.2 Å². The minimum Gasteiger partial charge on any atom is -0.493 e. The molecule has 0 atom stereocenters. The molecule has 0 bridgehead atoms. The van der Waals surface area contributed by atoms with Gasteiger partial charge in [-0.15, -0.1) is 0 Å². The van der Waals surface area contributed by atoms with E-state index in [1.807, 2.05) is 41.2 Å². The molecule has 0 aliphatic carbocycles. The van der Waals surface area contributed by atoms with Gasteiger partial charge in [0.1, 0.15) is 12.4 Å². The first kappa shape index (κ1) is 23.3. The molecule has 0 saturated heterocycles. The van der Waals surface area contributed by atoms with Gasteiger partial charge >= 0.3 is 0 Å². The van der Waals surface area contributed by atoms with Crippen LogP contribution in [-0.2, 0) is 6.61 Å². The molecule has 1 aromatic heterocycles. The number of para-hydroxylation sites is 1. The number of aromatic nitrogens is 1. The third-order valence-corrected chi connectivity index (χ3v) is 5.68.